The van der Waals surface area contributed by atoms with Crippen molar-refractivity contribution in [3.63, 3.8) is 0 Å². The minimum absolute atomic E-state index is 0.0813. The topological polar surface area (TPSA) is 46.6 Å². The average Bonchev–Trinajstić information content (AvgIpc) is 2.35. The Kier molecular flexibility index (Phi) is 5.44. The van der Waals surface area contributed by atoms with Crippen molar-refractivity contribution in [3.05, 3.63) is 24.3 Å². The third kappa shape index (κ3) is 3.60. The normalized spacial score (nSPS) is 12.1. The van der Waals surface area contributed by atoms with Gasteiger partial charge >= 0.3 is 0 Å². The fourth-order valence-corrected chi connectivity index (χ4v) is 2.75. The Bertz CT molecular complexity index is 471. The van der Waals surface area contributed by atoms with Crippen molar-refractivity contribution in [2.75, 3.05) is 19.5 Å². The zero-order valence-electron chi connectivity index (χ0n) is 10.8. The lowest BCUT2D eigenvalue weighted by atomic mass is 10.3. The predicted molar refractivity (Wildman–Crippen MR) is 72.7 cm³/mol. The molecule has 0 aromatic heterocycles. The van der Waals surface area contributed by atoms with E-state index in [0.29, 0.717) is 18.2 Å². The van der Waals surface area contributed by atoms with Crippen LogP contribution in [0.5, 0.6) is 5.75 Å². The average molecular weight is 292 g/mol. The minimum atomic E-state index is -3.42. The Morgan fingerprint density at radius 3 is 2.28 bits per heavy atom. The van der Waals surface area contributed by atoms with Crippen LogP contribution in [0.3, 0.4) is 0 Å². The lowest BCUT2D eigenvalue weighted by molar-refractivity contribution is 0.342. The summed E-state index contributed by atoms with van der Waals surface area (Å²) in [6.07, 6.45) is 0. The second-order valence-corrected chi connectivity index (χ2v) is 6.50. The molecule has 0 saturated heterocycles. The van der Waals surface area contributed by atoms with Crippen LogP contribution in [-0.2, 0) is 10.0 Å². The fourth-order valence-electron chi connectivity index (χ4n) is 1.31. The number of ether oxygens (including phenoxy) is 1. The summed E-state index contributed by atoms with van der Waals surface area (Å²) in [4.78, 5) is 0.261. The lowest BCUT2D eigenvalue weighted by Gasteiger charge is -2.21. The van der Waals surface area contributed by atoms with Crippen LogP contribution in [0.4, 0.5) is 0 Å². The van der Waals surface area contributed by atoms with Gasteiger partial charge in [-0.1, -0.05) is 0 Å². The Morgan fingerprint density at radius 1 is 1.28 bits per heavy atom. The third-order valence-electron chi connectivity index (χ3n) is 2.57. The predicted octanol–water partition coefficient (Wildman–Crippen LogP) is 2.33. The maximum Gasteiger partial charge on any atom is 0.243 e. The highest BCUT2D eigenvalue weighted by Gasteiger charge is 2.22. The van der Waals surface area contributed by atoms with Crippen molar-refractivity contribution in [2.45, 2.75) is 24.8 Å². The number of halogens is 1. The molecule has 0 aliphatic rings. The summed E-state index contributed by atoms with van der Waals surface area (Å²) in [6.45, 7) is 4.06. The largest absolute Gasteiger partial charge is 0.492 e. The zero-order valence-corrected chi connectivity index (χ0v) is 12.3. The highest BCUT2D eigenvalue weighted by atomic mass is 35.5. The van der Waals surface area contributed by atoms with E-state index in [1.165, 1.54) is 16.4 Å². The van der Waals surface area contributed by atoms with Crippen LogP contribution >= 0.6 is 11.6 Å². The van der Waals surface area contributed by atoms with E-state index in [1.54, 1.807) is 19.2 Å². The maximum absolute atomic E-state index is 12.2. The molecule has 0 heterocycles. The molecule has 102 valence electrons. The summed E-state index contributed by atoms with van der Waals surface area (Å²) < 4.78 is 31.0. The number of alkyl halides is 1. The van der Waals surface area contributed by atoms with Crippen LogP contribution < -0.4 is 4.74 Å². The number of sulfonamides is 1. The molecule has 0 amide bonds. The summed E-state index contributed by atoms with van der Waals surface area (Å²) in [5.74, 6) is 1.01. The summed E-state index contributed by atoms with van der Waals surface area (Å²) in [6, 6.07) is 6.26. The zero-order chi connectivity index (χ0) is 13.8. The van der Waals surface area contributed by atoms with Crippen molar-refractivity contribution < 1.29 is 13.2 Å². The van der Waals surface area contributed by atoms with Gasteiger partial charge in [-0.2, -0.15) is 4.31 Å². The molecule has 0 bridgehead atoms. The monoisotopic (exact) mass is 291 g/mol. The third-order valence-corrected chi connectivity index (χ3v) is 4.78. The molecule has 0 spiro atoms. The molecular formula is C12H18ClNO3S. The van der Waals surface area contributed by atoms with E-state index in [0.717, 1.165) is 0 Å². The van der Waals surface area contributed by atoms with Crippen LogP contribution in [0, 0.1) is 0 Å². The molecule has 1 rings (SSSR count). The van der Waals surface area contributed by atoms with Gasteiger partial charge in [0.2, 0.25) is 10.0 Å². The Labute approximate surface area is 114 Å². The van der Waals surface area contributed by atoms with E-state index in [1.807, 2.05) is 13.8 Å². The molecule has 0 unspecified atom stereocenters. The first kappa shape index (κ1) is 15.3. The van der Waals surface area contributed by atoms with Crippen LogP contribution in [0.2, 0.25) is 0 Å². The van der Waals surface area contributed by atoms with Gasteiger partial charge < -0.3 is 4.74 Å². The maximum atomic E-state index is 12.2. The molecule has 0 aliphatic carbocycles. The first-order valence-electron chi connectivity index (χ1n) is 5.66. The molecule has 1 aromatic carbocycles. The van der Waals surface area contributed by atoms with Gasteiger partial charge in [0.05, 0.1) is 10.8 Å². The van der Waals surface area contributed by atoms with E-state index in [9.17, 15) is 8.42 Å². The molecule has 0 fully saturated rings. The second kappa shape index (κ2) is 6.41. The Morgan fingerprint density at radius 2 is 1.83 bits per heavy atom. The van der Waals surface area contributed by atoms with Crippen LogP contribution in [0.15, 0.2) is 29.2 Å². The molecule has 0 N–H and O–H groups in total. The van der Waals surface area contributed by atoms with E-state index < -0.39 is 10.0 Å². The van der Waals surface area contributed by atoms with Crippen molar-refractivity contribution in [1.82, 2.24) is 4.31 Å². The van der Waals surface area contributed by atoms with Gasteiger partial charge in [0, 0.05) is 13.1 Å². The second-order valence-electron chi connectivity index (χ2n) is 4.12. The summed E-state index contributed by atoms with van der Waals surface area (Å²) in [5.41, 5.74) is 0. The van der Waals surface area contributed by atoms with E-state index in [-0.39, 0.29) is 10.9 Å². The number of nitrogens with zero attached hydrogens (tertiary/aromatic N) is 1. The number of hydrogen-bond donors (Lipinski definition) is 0. The van der Waals surface area contributed by atoms with E-state index in [2.05, 4.69) is 0 Å². The van der Waals surface area contributed by atoms with Crippen LogP contribution in [0.25, 0.3) is 0 Å². The standard InChI is InChI=1S/C12H18ClNO3S/c1-10(2)14(3)18(15,16)12-6-4-11(5-7-12)17-9-8-13/h4-7,10H,8-9H2,1-3H3. The quantitative estimate of drug-likeness (QED) is 0.756. The lowest BCUT2D eigenvalue weighted by Crippen LogP contribution is -2.32. The van der Waals surface area contributed by atoms with Gasteiger partial charge in [-0.3, -0.25) is 0 Å². The smallest absolute Gasteiger partial charge is 0.243 e. The van der Waals surface area contributed by atoms with Crippen LogP contribution in [0.1, 0.15) is 13.8 Å². The van der Waals surface area contributed by atoms with E-state index >= 15 is 0 Å². The first-order chi connectivity index (χ1) is 8.39. The highest BCUT2D eigenvalue weighted by molar-refractivity contribution is 7.89. The van der Waals surface area contributed by atoms with Gasteiger partial charge in [-0.15, -0.1) is 11.6 Å². The SMILES string of the molecule is CC(C)N(C)S(=O)(=O)c1ccc(OCCCl)cc1. The fraction of sp³-hybridized carbons (Fsp3) is 0.500. The van der Waals surface area contributed by atoms with Crippen molar-refractivity contribution in [1.29, 1.82) is 0 Å². The highest BCUT2D eigenvalue weighted by Crippen LogP contribution is 2.20. The van der Waals surface area contributed by atoms with Gasteiger partial charge in [0.25, 0.3) is 0 Å². The molecule has 1 aromatic rings. The molecule has 0 atom stereocenters. The molecule has 0 radical (unpaired) electrons. The molecule has 4 nitrogen and oxygen atoms in total. The number of hydrogen-bond acceptors (Lipinski definition) is 3. The Hall–Kier alpha value is -0.780. The number of rotatable bonds is 6. The van der Waals surface area contributed by atoms with Gasteiger partial charge in [0.15, 0.2) is 0 Å². The molecule has 18 heavy (non-hydrogen) atoms. The van der Waals surface area contributed by atoms with E-state index in [4.69, 9.17) is 16.3 Å². The van der Waals surface area contributed by atoms with Gasteiger partial charge in [-0.25, -0.2) is 8.42 Å². The molecule has 0 saturated carbocycles. The van der Waals surface area contributed by atoms with Crippen molar-refractivity contribution in [3.8, 4) is 5.75 Å². The first-order valence-corrected chi connectivity index (χ1v) is 7.64. The molecule has 6 heteroatoms. The van der Waals surface area contributed by atoms with Crippen molar-refractivity contribution in [2.24, 2.45) is 0 Å². The molecular weight excluding hydrogens is 274 g/mol. The summed E-state index contributed by atoms with van der Waals surface area (Å²) in [7, 11) is -1.86. The molecule has 0 aliphatic heterocycles. The minimum Gasteiger partial charge on any atom is -0.492 e. The van der Waals surface area contributed by atoms with Crippen LogP contribution in [-0.4, -0.2) is 38.3 Å². The number of benzene rings is 1. The van der Waals surface area contributed by atoms with Gasteiger partial charge in [-0.05, 0) is 38.1 Å². The van der Waals surface area contributed by atoms with Crippen molar-refractivity contribution >= 4 is 21.6 Å². The Balaban J connectivity index is 2.91. The summed E-state index contributed by atoms with van der Waals surface area (Å²) >= 11 is 5.50. The van der Waals surface area contributed by atoms with Gasteiger partial charge in [0.1, 0.15) is 12.4 Å². The summed E-state index contributed by atoms with van der Waals surface area (Å²) in [5, 5.41) is 0.